The van der Waals surface area contributed by atoms with Gasteiger partial charge in [-0.15, -0.1) is 0 Å². The number of alkyl halides is 4. The largest absolute Gasteiger partial charge is 0.481 e. The summed E-state index contributed by atoms with van der Waals surface area (Å²) in [7, 11) is 0. The van der Waals surface area contributed by atoms with E-state index in [0.29, 0.717) is 11.1 Å². The van der Waals surface area contributed by atoms with Crippen LogP contribution < -0.4 is 9.47 Å². The zero-order valence-electron chi connectivity index (χ0n) is 14.5. The van der Waals surface area contributed by atoms with Crippen LogP contribution in [-0.4, -0.2) is 29.3 Å². The first kappa shape index (κ1) is 20.2. The molecular weight excluding hydrogens is 398 g/mol. The monoisotopic (exact) mass is 411 g/mol. The molecule has 0 unspecified atom stereocenters. The third kappa shape index (κ3) is 5.24. The smallest absolute Gasteiger partial charge is 0.387 e. The molecule has 0 saturated carbocycles. The van der Waals surface area contributed by atoms with E-state index in [9.17, 15) is 27.5 Å². The van der Waals surface area contributed by atoms with Crippen LogP contribution in [-0.2, 0) is 4.79 Å². The Labute approximate surface area is 161 Å². The van der Waals surface area contributed by atoms with Crippen LogP contribution in [0.2, 0.25) is 0 Å². The van der Waals surface area contributed by atoms with E-state index < -0.39 is 37.1 Å². The van der Waals surface area contributed by atoms with Crippen molar-refractivity contribution in [3.63, 3.8) is 0 Å². The topological polar surface area (TPSA) is 81.8 Å². The number of aromatic nitrogens is 1. The van der Waals surface area contributed by atoms with Crippen LogP contribution in [0.5, 0.6) is 11.5 Å². The molecule has 0 saturated heterocycles. The van der Waals surface area contributed by atoms with Gasteiger partial charge in [-0.1, -0.05) is 12.1 Å². The molecule has 29 heavy (non-hydrogen) atoms. The van der Waals surface area contributed by atoms with E-state index in [-0.39, 0.29) is 17.0 Å². The molecule has 152 valence electrons. The van der Waals surface area contributed by atoms with Crippen molar-refractivity contribution in [1.82, 2.24) is 4.98 Å². The number of fused-ring (bicyclic) bond motifs is 1. The van der Waals surface area contributed by atoms with Gasteiger partial charge < -0.3 is 19.0 Å². The van der Waals surface area contributed by atoms with Gasteiger partial charge in [-0.25, -0.2) is 4.98 Å². The molecule has 0 aliphatic rings. The van der Waals surface area contributed by atoms with Gasteiger partial charge in [-0.2, -0.15) is 17.6 Å². The summed E-state index contributed by atoms with van der Waals surface area (Å²) in [6.07, 6.45) is 0.693. The van der Waals surface area contributed by atoms with Crippen LogP contribution in [0.1, 0.15) is 17.9 Å². The van der Waals surface area contributed by atoms with Crippen LogP contribution in [0, 0.1) is 0 Å². The van der Waals surface area contributed by atoms with Gasteiger partial charge in [-0.3, -0.25) is 4.79 Å². The normalized spacial score (nSPS) is 12.0. The Morgan fingerprint density at radius 1 is 1.10 bits per heavy atom. The molecule has 1 N–H and O–H groups in total. The number of hydrogen-bond donors (Lipinski definition) is 1. The van der Waals surface area contributed by atoms with E-state index in [1.54, 1.807) is 24.3 Å². The zero-order chi connectivity index (χ0) is 21.0. The van der Waals surface area contributed by atoms with E-state index in [1.165, 1.54) is 12.1 Å². The average Bonchev–Trinajstić information content (AvgIpc) is 3.06. The summed E-state index contributed by atoms with van der Waals surface area (Å²) in [5.74, 6) is -2.11. The van der Waals surface area contributed by atoms with Crippen molar-refractivity contribution in [2.45, 2.75) is 19.6 Å². The number of benzene rings is 2. The summed E-state index contributed by atoms with van der Waals surface area (Å²) in [5, 5.41) is 9.19. The predicted molar refractivity (Wildman–Crippen MR) is 93.8 cm³/mol. The first-order chi connectivity index (χ1) is 13.8. The van der Waals surface area contributed by atoms with E-state index in [0.717, 1.165) is 12.1 Å². The van der Waals surface area contributed by atoms with Crippen molar-refractivity contribution in [1.29, 1.82) is 0 Å². The van der Waals surface area contributed by atoms with Gasteiger partial charge in [0.15, 0.2) is 5.58 Å². The molecule has 10 heteroatoms. The maximum Gasteiger partial charge on any atom is 0.387 e. The molecule has 1 heterocycles. The van der Waals surface area contributed by atoms with Gasteiger partial charge >= 0.3 is 19.2 Å². The molecule has 0 amide bonds. The second-order valence-corrected chi connectivity index (χ2v) is 5.68. The van der Waals surface area contributed by atoms with Gasteiger partial charge in [0.05, 0.1) is 6.42 Å². The number of carbonyl (C=O) groups is 1. The molecular formula is C19H13F4NO5. The number of carboxylic acids is 1. The predicted octanol–water partition coefficient (Wildman–Crippen LogP) is 5.05. The summed E-state index contributed by atoms with van der Waals surface area (Å²) in [6.45, 7) is -6.39. The van der Waals surface area contributed by atoms with Crippen LogP contribution in [0.25, 0.3) is 22.7 Å². The highest BCUT2D eigenvalue weighted by Gasteiger charge is 2.17. The highest BCUT2D eigenvalue weighted by atomic mass is 19.3. The van der Waals surface area contributed by atoms with Crippen molar-refractivity contribution < 1.29 is 41.4 Å². The third-order valence-electron chi connectivity index (χ3n) is 3.67. The van der Waals surface area contributed by atoms with Gasteiger partial charge in [0.25, 0.3) is 0 Å². The number of hydrogen-bond acceptors (Lipinski definition) is 5. The molecule has 6 nitrogen and oxygen atoms in total. The maximum atomic E-state index is 12.7. The molecule has 0 bridgehead atoms. The van der Waals surface area contributed by atoms with Crippen molar-refractivity contribution in [3.8, 4) is 11.5 Å². The van der Waals surface area contributed by atoms with Crippen molar-refractivity contribution >= 4 is 28.7 Å². The first-order valence-electron chi connectivity index (χ1n) is 8.14. The Balaban J connectivity index is 2.07. The molecule has 0 spiro atoms. The van der Waals surface area contributed by atoms with Gasteiger partial charge in [0.2, 0.25) is 5.89 Å². The summed E-state index contributed by atoms with van der Waals surface area (Å²) >= 11 is 0. The van der Waals surface area contributed by atoms with Crippen LogP contribution >= 0.6 is 0 Å². The first-order valence-corrected chi connectivity index (χ1v) is 8.14. The number of para-hydroxylation sites is 2. The molecule has 0 radical (unpaired) electrons. The Hall–Kier alpha value is -3.56. The fourth-order valence-corrected chi connectivity index (χ4v) is 2.56. The highest BCUT2D eigenvalue weighted by molar-refractivity contribution is 5.91. The third-order valence-corrected chi connectivity index (χ3v) is 3.67. The minimum Gasteiger partial charge on any atom is -0.481 e. The Morgan fingerprint density at radius 3 is 2.48 bits per heavy atom. The summed E-state index contributed by atoms with van der Waals surface area (Å²) in [6, 6.07) is 9.85. The number of oxazole rings is 1. The Kier molecular flexibility index (Phi) is 6.01. The Bertz CT molecular complexity index is 1020. The quantitative estimate of drug-likeness (QED) is 0.523. The minimum atomic E-state index is -3.24. The summed E-state index contributed by atoms with van der Waals surface area (Å²) < 4.78 is 64.4. The number of aliphatic carboxylic acids is 1. The number of ether oxygens (including phenoxy) is 2. The van der Waals surface area contributed by atoms with Crippen LogP contribution in [0.4, 0.5) is 17.6 Å². The molecule has 0 aliphatic carbocycles. The lowest BCUT2D eigenvalue weighted by Gasteiger charge is -2.12. The molecule has 3 rings (SSSR count). The lowest BCUT2D eigenvalue weighted by molar-refractivity contribution is -0.135. The van der Waals surface area contributed by atoms with E-state index in [1.807, 2.05) is 0 Å². The lowest BCUT2D eigenvalue weighted by Crippen LogP contribution is -2.06. The Morgan fingerprint density at radius 2 is 1.83 bits per heavy atom. The second-order valence-electron chi connectivity index (χ2n) is 5.68. The number of rotatable bonds is 8. The van der Waals surface area contributed by atoms with Crippen molar-refractivity contribution in [3.05, 3.63) is 53.9 Å². The number of halogens is 4. The van der Waals surface area contributed by atoms with Crippen molar-refractivity contribution in [2.24, 2.45) is 0 Å². The van der Waals surface area contributed by atoms with E-state index >= 15 is 0 Å². The van der Waals surface area contributed by atoms with Crippen LogP contribution in [0.3, 0.4) is 0 Å². The van der Waals surface area contributed by atoms with Crippen molar-refractivity contribution in [2.75, 3.05) is 0 Å². The standard InChI is InChI=1S/C19H13F4NO5/c20-18(21)27-12-6-5-10(15(9-12)29-19(22)23)7-11(8-16(25)26)17-24-13-3-1-2-4-14(13)28-17/h1-7,9,18-19H,8H2,(H,25,26)/b11-7-. The van der Waals surface area contributed by atoms with Gasteiger partial charge in [-0.05, 0) is 30.3 Å². The molecule has 3 aromatic rings. The lowest BCUT2D eigenvalue weighted by atomic mass is 10.1. The fraction of sp³-hybridized carbons (Fsp3) is 0.158. The van der Waals surface area contributed by atoms with Gasteiger partial charge in [0, 0.05) is 17.2 Å². The molecule has 1 aromatic heterocycles. The maximum absolute atomic E-state index is 12.7. The molecule has 0 aliphatic heterocycles. The molecule has 0 fully saturated rings. The summed E-state index contributed by atoms with van der Waals surface area (Å²) in [5.41, 5.74) is 0.952. The number of nitrogens with zero attached hydrogens (tertiary/aromatic N) is 1. The highest BCUT2D eigenvalue weighted by Crippen LogP contribution is 2.32. The average molecular weight is 411 g/mol. The SMILES string of the molecule is O=C(O)C/C(=C/c1ccc(OC(F)F)cc1OC(F)F)c1nc2ccccc2o1. The molecule has 2 aromatic carbocycles. The minimum absolute atomic E-state index is 0.00502. The van der Waals surface area contributed by atoms with E-state index in [2.05, 4.69) is 14.5 Å². The second kappa shape index (κ2) is 8.63. The van der Waals surface area contributed by atoms with E-state index in [4.69, 9.17) is 4.42 Å². The van der Waals surface area contributed by atoms with Crippen LogP contribution in [0.15, 0.2) is 46.9 Å². The fourth-order valence-electron chi connectivity index (χ4n) is 2.56. The summed E-state index contributed by atoms with van der Waals surface area (Å²) in [4.78, 5) is 15.5. The number of carboxylic acid groups (broad SMARTS) is 1. The molecule has 0 atom stereocenters. The zero-order valence-corrected chi connectivity index (χ0v) is 14.5. The van der Waals surface area contributed by atoms with Gasteiger partial charge in [0.1, 0.15) is 17.0 Å².